The first kappa shape index (κ1) is 21.0. The Hall–Kier alpha value is -3.21. The van der Waals surface area contributed by atoms with Crippen LogP contribution in [0.3, 0.4) is 0 Å². The normalized spacial score (nSPS) is 17.3. The number of carbonyl (C=O) groups is 1. The van der Waals surface area contributed by atoms with E-state index in [4.69, 9.17) is 9.94 Å². The highest BCUT2D eigenvalue weighted by Crippen LogP contribution is 2.29. The molecule has 1 unspecified atom stereocenters. The van der Waals surface area contributed by atoms with Gasteiger partial charge in [0.15, 0.2) is 0 Å². The van der Waals surface area contributed by atoms with Crippen molar-refractivity contribution in [3.8, 4) is 22.9 Å². The number of nitrogens with zero attached hydrogens (tertiary/aromatic N) is 2. The predicted octanol–water partition coefficient (Wildman–Crippen LogP) is 2.92. The number of hydrogen-bond donors (Lipinski definition) is 3. The lowest BCUT2D eigenvalue weighted by molar-refractivity contribution is -0.134. The summed E-state index contributed by atoms with van der Waals surface area (Å²) >= 11 is 0. The van der Waals surface area contributed by atoms with Crippen LogP contribution in [0.4, 0.5) is 0 Å². The Labute approximate surface area is 179 Å². The van der Waals surface area contributed by atoms with Crippen LogP contribution in [0.15, 0.2) is 65.8 Å². The summed E-state index contributed by atoms with van der Waals surface area (Å²) in [6.07, 6.45) is 5.16. The molecule has 0 saturated carbocycles. The molecule has 162 valence electrons. The van der Waals surface area contributed by atoms with Gasteiger partial charge in [-0.25, -0.2) is 18.9 Å². The summed E-state index contributed by atoms with van der Waals surface area (Å²) in [5, 5.41) is 8.95. The molecule has 0 radical (unpaired) electrons. The lowest BCUT2D eigenvalue weighted by atomic mass is 10.0. The quantitative estimate of drug-likeness (QED) is 0.398. The molecule has 1 aliphatic rings. The molecule has 1 amide bonds. The second kappa shape index (κ2) is 8.88. The molecule has 1 saturated heterocycles. The Morgan fingerprint density at radius 3 is 2.39 bits per heavy atom. The van der Waals surface area contributed by atoms with Gasteiger partial charge >= 0.3 is 0 Å². The summed E-state index contributed by atoms with van der Waals surface area (Å²) in [5.74, 6) is 1.11. The molecule has 1 aromatic heterocycles. The first-order valence-electron chi connectivity index (χ1n) is 9.82. The lowest BCUT2D eigenvalue weighted by Gasteiger charge is -2.33. The van der Waals surface area contributed by atoms with E-state index in [0.29, 0.717) is 24.3 Å². The lowest BCUT2D eigenvalue weighted by Crippen LogP contribution is -2.51. The van der Waals surface area contributed by atoms with E-state index in [1.165, 1.54) is 12.1 Å². The van der Waals surface area contributed by atoms with E-state index >= 15 is 0 Å². The molecule has 1 fully saturated rings. The molecule has 0 bridgehead atoms. The number of hydroxylamine groups is 1. The number of aromatic amines is 1. The van der Waals surface area contributed by atoms with Crippen LogP contribution in [0, 0.1) is 0 Å². The zero-order valence-electron chi connectivity index (χ0n) is 16.6. The fourth-order valence-corrected chi connectivity index (χ4v) is 5.24. The highest BCUT2D eigenvalue weighted by atomic mass is 32.2. The van der Waals surface area contributed by atoms with Gasteiger partial charge in [-0.05, 0) is 61.4 Å². The van der Waals surface area contributed by atoms with Crippen LogP contribution in [0.2, 0.25) is 0 Å². The van der Waals surface area contributed by atoms with Crippen LogP contribution in [0.5, 0.6) is 11.5 Å². The maximum absolute atomic E-state index is 13.1. The number of benzene rings is 2. The molecule has 2 aromatic carbocycles. The van der Waals surface area contributed by atoms with Gasteiger partial charge in [0, 0.05) is 24.5 Å². The number of sulfonamides is 1. The topological polar surface area (TPSA) is 125 Å². The third-order valence-electron chi connectivity index (χ3n) is 5.16. The SMILES string of the molecule is O=C(NO)C1CCCCN1S(=O)(=O)c1ccc(Oc2ccc(-c3ncc[nH]3)cc2)cc1. The van der Waals surface area contributed by atoms with Gasteiger partial charge < -0.3 is 9.72 Å². The third kappa shape index (κ3) is 4.46. The van der Waals surface area contributed by atoms with Gasteiger partial charge in [-0.15, -0.1) is 0 Å². The molecule has 0 aliphatic carbocycles. The standard InChI is InChI=1S/C21H22N4O5S/c26-21(24-27)19-3-1-2-14-25(19)31(28,29)18-10-8-17(9-11-18)30-16-6-4-15(5-7-16)20-22-12-13-23-20/h4-13,19,27H,1-3,14H2,(H,22,23)(H,24,26). The van der Waals surface area contributed by atoms with Crippen molar-refractivity contribution in [3.63, 3.8) is 0 Å². The molecule has 4 rings (SSSR count). The van der Waals surface area contributed by atoms with Gasteiger partial charge in [-0.2, -0.15) is 4.31 Å². The number of ether oxygens (including phenoxy) is 1. The minimum absolute atomic E-state index is 0.0608. The fourth-order valence-electron chi connectivity index (χ4n) is 3.58. The van der Waals surface area contributed by atoms with Gasteiger partial charge in [0.25, 0.3) is 5.91 Å². The van der Waals surface area contributed by atoms with E-state index < -0.39 is 22.0 Å². The molecular weight excluding hydrogens is 420 g/mol. The Morgan fingerprint density at radius 2 is 1.77 bits per heavy atom. The summed E-state index contributed by atoms with van der Waals surface area (Å²) < 4.78 is 33.1. The van der Waals surface area contributed by atoms with Crippen LogP contribution < -0.4 is 10.2 Å². The molecule has 1 aliphatic heterocycles. The molecule has 3 aromatic rings. The Morgan fingerprint density at radius 1 is 1.10 bits per heavy atom. The van der Waals surface area contributed by atoms with E-state index in [2.05, 4.69) is 9.97 Å². The van der Waals surface area contributed by atoms with Crippen molar-refractivity contribution in [2.75, 3.05) is 6.54 Å². The van der Waals surface area contributed by atoms with E-state index in [-0.39, 0.29) is 11.4 Å². The fraction of sp³-hybridized carbons (Fsp3) is 0.238. The summed E-state index contributed by atoms with van der Waals surface area (Å²) in [6.45, 7) is 0.223. The number of amides is 1. The number of piperidine rings is 1. The van der Waals surface area contributed by atoms with E-state index in [1.54, 1.807) is 42.1 Å². The predicted molar refractivity (Wildman–Crippen MR) is 112 cm³/mol. The maximum Gasteiger partial charge on any atom is 0.261 e. The highest BCUT2D eigenvalue weighted by molar-refractivity contribution is 7.89. The minimum Gasteiger partial charge on any atom is -0.457 e. The molecule has 9 nitrogen and oxygen atoms in total. The molecule has 1 atom stereocenters. The van der Waals surface area contributed by atoms with Gasteiger partial charge in [0.1, 0.15) is 23.4 Å². The number of H-pyrrole nitrogens is 1. The van der Waals surface area contributed by atoms with Crippen LogP contribution in [-0.4, -0.2) is 46.4 Å². The van der Waals surface area contributed by atoms with Crippen molar-refractivity contribution in [1.82, 2.24) is 19.8 Å². The van der Waals surface area contributed by atoms with Crippen LogP contribution in [0.1, 0.15) is 19.3 Å². The second-order valence-electron chi connectivity index (χ2n) is 7.14. The number of hydrogen-bond acceptors (Lipinski definition) is 6. The van der Waals surface area contributed by atoms with Crippen molar-refractivity contribution in [2.45, 2.75) is 30.2 Å². The molecular formula is C21H22N4O5S. The summed E-state index contributed by atoms with van der Waals surface area (Å²) in [5.41, 5.74) is 2.48. The average molecular weight is 442 g/mol. The largest absolute Gasteiger partial charge is 0.457 e. The second-order valence-corrected chi connectivity index (χ2v) is 9.03. The minimum atomic E-state index is -3.89. The zero-order valence-corrected chi connectivity index (χ0v) is 17.4. The zero-order chi connectivity index (χ0) is 21.8. The van der Waals surface area contributed by atoms with Crippen LogP contribution in [-0.2, 0) is 14.8 Å². The first-order valence-corrected chi connectivity index (χ1v) is 11.3. The molecule has 10 heteroatoms. The van der Waals surface area contributed by atoms with Crippen molar-refractivity contribution in [2.24, 2.45) is 0 Å². The molecule has 2 heterocycles. The van der Waals surface area contributed by atoms with Gasteiger partial charge in [0.2, 0.25) is 10.0 Å². The summed E-state index contributed by atoms with van der Waals surface area (Å²) in [7, 11) is -3.89. The number of rotatable bonds is 6. The van der Waals surface area contributed by atoms with Gasteiger partial charge in [-0.1, -0.05) is 6.42 Å². The number of imidazole rings is 1. The Balaban J connectivity index is 1.49. The third-order valence-corrected chi connectivity index (χ3v) is 7.08. The van der Waals surface area contributed by atoms with Gasteiger partial charge in [-0.3, -0.25) is 10.0 Å². The highest BCUT2D eigenvalue weighted by Gasteiger charge is 2.37. The average Bonchev–Trinajstić information content (AvgIpc) is 3.34. The van der Waals surface area contributed by atoms with E-state index in [1.807, 2.05) is 12.1 Å². The van der Waals surface area contributed by atoms with E-state index in [0.717, 1.165) is 22.1 Å². The Kier molecular flexibility index (Phi) is 6.03. The van der Waals surface area contributed by atoms with Crippen molar-refractivity contribution in [1.29, 1.82) is 0 Å². The summed E-state index contributed by atoms with van der Waals surface area (Å²) in [6, 6.07) is 12.5. The Bertz CT molecular complexity index is 1130. The van der Waals surface area contributed by atoms with Gasteiger partial charge in [0.05, 0.1) is 4.90 Å². The van der Waals surface area contributed by atoms with Crippen molar-refractivity contribution >= 4 is 15.9 Å². The smallest absolute Gasteiger partial charge is 0.261 e. The van der Waals surface area contributed by atoms with Crippen molar-refractivity contribution < 1.29 is 23.2 Å². The van der Waals surface area contributed by atoms with E-state index in [9.17, 15) is 13.2 Å². The number of aromatic nitrogens is 2. The van der Waals surface area contributed by atoms with Crippen LogP contribution in [0.25, 0.3) is 11.4 Å². The summed E-state index contributed by atoms with van der Waals surface area (Å²) in [4.78, 5) is 19.2. The molecule has 3 N–H and O–H groups in total. The van der Waals surface area contributed by atoms with Crippen molar-refractivity contribution in [3.05, 3.63) is 60.9 Å². The number of nitrogens with one attached hydrogen (secondary N) is 2. The van der Waals surface area contributed by atoms with Crippen LogP contribution >= 0.6 is 0 Å². The monoisotopic (exact) mass is 442 g/mol. The maximum atomic E-state index is 13.1. The molecule has 0 spiro atoms. The number of carbonyl (C=O) groups excluding carboxylic acids is 1. The first-order chi connectivity index (χ1) is 15.0. The molecule has 31 heavy (non-hydrogen) atoms.